The average Bonchev–Trinajstić information content (AvgIpc) is 2.61. The number of halogens is 2. The van der Waals surface area contributed by atoms with Gasteiger partial charge in [-0.05, 0) is 12.1 Å². The molecule has 0 aliphatic rings. The Kier molecular flexibility index (Phi) is 2.03. The third-order valence-electron chi connectivity index (χ3n) is 1.87. The molecule has 0 spiro atoms. The minimum atomic E-state index is -1.32. The van der Waals surface area contributed by atoms with Crippen molar-refractivity contribution in [2.75, 3.05) is 5.73 Å². The second-order valence-corrected chi connectivity index (χ2v) is 2.87. The summed E-state index contributed by atoms with van der Waals surface area (Å²) >= 11 is 0. The van der Waals surface area contributed by atoms with E-state index in [9.17, 15) is 13.9 Å². The smallest absolute Gasteiger partial charge is 0.222 e. The molecule has 1 heterocycles. The van der Waals surface area contributed by atoms with Crippen molar-refractivity contribution in [3.63, 3.8) is 0 Å². The van der Waals surface area contributed by atoms with Gasteiger partial charge in [-0.2, -0.15) is 4.39 Å². The zero-order valence-electron chi connectivity index (χ0n) is 7.37. The average molecular weight is 212 g/mol. The minimum absolute atomic E-state index is 0.0223. The number of nitrogen functional groups attached to an aromatic ring is 1. The van der Waals surface area contributed by atoms with Gasteiger partial charge in [-0.15, -0.1) is 0 Å². The van der Waals surface area contributed by atoms with Crippen LogP contribution >= 0.6 is 0 Å². The molecule has 0 atom stereocenters. The molecule has 1 aromatic carbocycles. The van der Waals surface area contributed by atoms with Gasteiger partial charge in [-0.1, -0.05) is 5.16 Å². The lowest BCUT2D eigenvalue weighted by molar-refractivity contribution is 0.406. The molecule has 0 amide bonds. The number of phenols is 1. The number of anilines is 1. The van der Waals surface area contributed by atoms with Gasteiger partial charge in [0.05, 0.1) is 0 Å². The fraction of sp³-hybridized carbons (Fsp3) is 0. The number of aromatic nitrogens is 1. The monoisotopic (exact) mass is 212 g/mol. The molecular formula is C9H6F2N2O2. The summed E-state index contributed by atoms with van der Waals surface area (Å²) < 4.78 is 30.2. The van der Waals surface area contributed by atoms with E-state index < -0.39 is 17.4 Å². The number of hydrogen-bond acceptors (Lipinski definition) is 4. The second-order valence-electron chi connectivity index (χ2n) is 2.87. The van der Waals surface area contributed by atoms with E-state index in [1.54, 1.807) is 0 Å². The van der Waals surface area contributed by atoms with Gasteiger partial charge in [0.15, 0.2) is 11.6 Å². The van der Waals surface area contributed by atoms with Crippen LogP contribution in [0.5, 0.6) is 5.75 Å². The maximum Gasteiger partial charge on any atom is 0.222 e. The maximum absolute atomic E-state index is 13.0. The summed E-state index contributed by atoms with van der Waals surface area (Å²) in [7, 11) is 0. The van der Waals surface area contributed by atoms with Crippen LogP contribution in [0.4, 0.5) is 14.7 Å². The molecule has 3 N–H and O–H groups in total. The number of hydrogen-bond donors (Lipinski definition) is 2. The van der Waals surface area contributed by atoms with E-state index in [2.05, 4.69) is 9.68 Å². The lowest BCUT2D eigenvalue weighted by atomic mass is 10.1. The third-order valence-corrected chi connectivity index (χ3v) is 1.87. The molecule has 0 aliphatic heterocycles. The molecule has 15 heavy (non-hydrogen) atoms. The Hall–Kier alpha value is -2.11. The van der Waals surface area contributed by atoms with Crippen LogP contribution in [0.25, 0.3) is 11.3 Å². The van der Waals surface area contributed by atoms with Crippen molar-refractivity contribution in [2.45, 2.75) is 0 Å². The fourth-order valence-electron chi connectivity index (χ4n) is 1.16. The lowest BCUT2D eigenvalue weighted by Crippen LogP contribution is -1.88. The number of nitrogens with two attached hydrogens (primary N) is 1. The van der Waals surface area contributed by atoms with Crippen LogP contribution < -0.4 is 5.73 Å². The van der Waals surface area contributed by atoms with Crippen LogP contribution in [0.15, 0.2) is 22.7 Å². The molecule has 1 aromatic heterocycles. The number of nitrogens with zero attached hydrogens (tertiary/aromatic N) is 1. The predicted molar refractivity (Wildman–Crippen MR) is 47.9 cm³/mol. The zero-order valence-corrected chi connectivity index (χ0v) is 7.37. The van der Waals surface area contributed by atoms with Crippen molar-refractivity contribution in [3.05, 3.63) is 29.8 Å². The summed E-state index contributed by atoms with van der Waals surface area (Å²) in [5, 5.41) is 12.8. The van der Waals surface area contributed by atoms with E-state index in [1.807, 2.05) is 0 Å². The molecule has 0 saturated heterocycles. The second kappa shape index (κ2) is 3.23. The first-order chi connectivity index (χ1) is 7.09. The van der Waals surface area contributed by atoms with Gasteiger partial charge in [-0.25, -0.2) is 4.39 Å². The standard InChI is InChI=1S/C9H6F2N2O2/c10-5-2-1-4(9(14)8(5)11)6-3-7(12)15-13-6/h1-3,14H,12H2. The van der Waals surface area contributed by atoms with Gasteiger partial charge in [0.25, 0.3) is 0 Å². The molecule has 4 nitrogen and oxygen atoms in total. The molecule has 0 unspecified atom stereocenters. The Labute approximate surface area is 82.9 Å². The maximum atomic E-state index is 13.0. The predicted octanol–water partition coefficient (Wildman–Crippen LogP) is 1.91. The molecule has 0 bridgehead atoms. The van der Waals surface area contributed by atoms with Crippen LogP contribution in [-0.4, -0.2) is 10.3 Å². The highest BCUT2D eigenvalue weighted by molar-refractivity contribution is 5.68. The van der Waals surface area contributed by atoms with E-state index in [1.165, 1.54) is 12.1 Å². The van der Waals surface area contributed by atoms with E-state index >= 15 is 0 Å². The van der Waals surface area contributed by atoms with Crippen molar-refractivity contribution >= 4 is 5.88 Å². The Bertz CT molecular complexity index is 511. The largest absolute Gasteiger partial charge is 0.504 e. The van der Waals surface area contributed by atoms with Crippen molar-refractivity contribution in [1.82, 2.24) is 5.16 Å². The Morgan fingerprint density at radius 3 is 2.67 bits per heavy atom. The van der Waals surface area contributed by atoms with Crippen molar-refractivity contribution in [1.29, 1.82) is 0 Å². The molecule has 0 radical (unpaired) electrons. The lowest BCUT2D eigenvalue weighted by Gasteiger charge is -2.01. The molecule has 2 rings (SSSR count). The molecule has 6 heteroatoms. The normalized spacial score (nSPS) is 10.5. The SMILES string of the molecule is Nc1cc(-c2ccc(F)c(F)c2O)no1. The minimum Gasteiger partial charge on any atom is -0.504 e. The Morgan fingerprint density at radius 1 is 1.33 bits per heavy atom. The Morgan fingerprint density at radius 2 is 2.07 bits per heavy atom. The number of phenolic OH excluding ortho intramolecular Hbond substituents is 1. The topological polar surface area (TPSA) is 72.3 Å². The highest BCUT2D eigenvalue weighted by Gasteiger charge is 2.16. The highest BCUT2D eigenvalue weighted by Crippen LogP contribution is 2.32. The van der Waals surface area contributed by atoms with Crippen LogP contribution in [0.2, 0.25) is 0 Å². The van der Waals surface area contributed by atoms with Crippen molar-refractivity contribution in [2.24, 2.45) is 0 Å². The molecule has 2 aromatic rings. The summed E-state index contributed by atoms with van der Waals surface area (Å²) in [6.45, 7) is 0. The first kappa shape index (κ1) is 9.45. The van der Waals surface area contributed by atoms with Gasteiger partial charge < -0.3 is 15.4 Å². The van der Waals surface area contributed by atoms with Crippen molar-refractivity contribution in [3.8, 4) is 17.0 Å². The van der Waals surface area contributed by atoms with Crippen LogP contribution in [-0.2, 0) is 0 Å². The van der Waals surface area contributed by atoms with Gasteiger partial charge in [0.1, 0.15) is 5.69 Å². The van der Waals surface area contributed by atoms with Crippen LogP contribution in [0, 0.1) is 11.6 Å². The molecular weight excluding hydrogens is 206 g/mol. The van der Waals surface area contributed by atoms with Crippen molar-refractivity contribution < 1.29 is 18.4 Å². The quantitative estimate of drug-likeness (QED) is 0.757. The number of benzene rings is 1. The zero-order chi connectivity index (χ0) is 11.0. The van der Waals surface area contributed by atoms with E-state index in [0.717, 1.165) is 6.07 Å². The summed E-state index contributed by atoms with van der Waals surface area (Å²) in [6, 6.07) is 3.37. The molecule has 0 aliphatic carbocycles. The van der Waals surface area contributed by atoms with Crippen LogP contribution in [0.1, 0.15) is 0 Å². The number of aromatic hydroxyl groups is 1. The number of rotatable bonds is 1. The van der Waals surface area contributed by atoms with E-state index in [-0.39, 0.29) is 17.1 Å². The summed E-state index contributed by atoms with van der Waals surface area (Å²) in [6.07, 6.45) is 0. The molecule has 0 saturated carbocycles. The van der Waals surface area contributed by atoms with E-state index in [0.29, 0.717) is 0 Å². The van der Waals surface area contributed by atoms with Gasteiger partial charge >= 0.3 is 0 Å². The summed E-state index contributed by atoms with van der Waals surface area (Å²) in [5.74, 6) is -3.25. The summed E-state index contributed by atoms with van der Waals surface area (Å²) in [4.78, 5) is 0. The van der Waals surface area contributed by atoms with Crippen LogP contribution in [0.3, 0.4) is 0 Å². The first-order valence-corrected chi connectivity index (χ1v) is 3.99. The highest BCUT2D eigenvalue weighted by atomic mass is 19.2. The van der Waals surface area contributed by atoms with Gasteiger partial charge in [-0.3, -0.25) is 0 Å². The molecule has 78 valence electrons. The summed E-state index contributed by atoms with van der Waals surface area (Å²) in [5.41, 5.74) is 5.42. The van der Waals surface area contributed by atoms with E-state index in [4.69, 9.17) is 5.73 Å². The Balaban J connectivity index is 2.59. The van der Waals surface area contributed by atoms with Gasteiger partial charge in [0.2, 0.25) is 11.7 Å². The molecule has 0 fully saturated rings. The first-order valence-electron chi connectivity index (χ1n) is 3.99. The third kappa shape index (κ3) is 1.50. The van der Waals surface area contributed by atoms with Gasteiger partial charge in [0, 0.05) is 11.6 Å². The fourth-order valence-corrected chi connectivity index (χ4v) is 1.16.